The molecule has 0 aliphatic carbocycles. The second kappa shape index (κ2) is 11.2. The molecule has 0 atom stereocenters. The minimum absolute atomic E-state index is 0.0130. The van der Waals surface area contributed by atoms with Crippen LogP contribution in [0.5, 0.6) is 0 Å². The molecule has 1 heterocycles. The van der Waals surface area contributed by atoms with Gasteiger partial charge in [0.15, 0.2) is 11.8 Å². The van der Waals surface area contributed by atoms with Gasteiger partial charge in [-0.15, -0.1) is 0 Å². The Bertz CT molecular complexity index is 813. The Morgan fingerprint density at radius 1 is 1.21 bits per heavy atom. The van der Waals surface area contributed by atoms with Gasteiger partial charge in [-0.3, -0.25) is 9.79 Å². The summed E-state index contributed by atoms with van der Waals surface area (Å²) in [5.41, 5.74) is 1.81. The van der Waals surface area contributed by atoms with E-state index in [0.717, 1.165) is 49.7 Å². The predicted octanol–water partition coefficient (Wildman–Crippen LogP) is 2.24. The van der Waals surface area contributed by atoms with E-state index in [1.807, 2.05) is 38.1 Å². The fourth-order valence-electron chi connectivity index (χ4n) is 2.71. The molecule has 29 heavy (non-hydrogen) atoms. The largest absolute Gasteiger partial charge is 0.356 e. The Balaban J connectivity index is 1.71. The van der Waals surface area contributed by atoms with E-state index in [9.17, 15) is 4.79 Å². The summed E-state index contributed by atoms with van der Waals surface area (Å²) in [5.74, 6) is 2.46. The average molecular weight is 401 g/mol. The van der Waals surface area contributed by atoms with Crippen molar-refractivity contribution < 1.29 is 9.32 Å². The van der Waals surface area contributed by atoms with Crippen LogP contribution in [0, 0.1) is 0 Å². The number of hydrogen-bond acceptors (Lipinski definition) is 5. The zero-order chi connectivity index (χ0) is 21.2. The Morgan fingerprint density at radius 2 is 1.97 bits per heavy atom. The first-order valence-electron chi connectivity index (χ1n) is 9.98. The van der Waals surface area contributed by atoms with Crippen molar-refractivity contribution in [3.8, 4) is 0 Å². The summed E-state index contributed by atoms with van der Waals surface area (Å²) in [4.78, 5) is 22.3. The van der Waals surface area contributed by atoms with Crippen molar-refractivity contribution in [3.05, 3.63) is 47.1 Å². The highest BCUT2D eigenvalue weighted by molar-refractivity contribution is 5.94. The van der Waals surface area contributed by atoms with Crippen LogP contribution in [0.4, 0.5) is 0 Å². The topological polar surface area (TPSA) is 95.6 Å². The lowest BCUT2D eigenvalue weighted by Crippen LogP contribution is -2.38. The van der Waals surface area contributed by atoms with E-state index in [2.05, 4.69) is 25.8 Å². The highest BCUT2D eigenvalue weighted by Crippen LogP contribution is 2.10. The zero-order valence-electron chi connectivity index (χ0n) is 18.0. The number of rotatable bonds is 9. The van der Waals surface area contributed by atoms with Crippen LogP contribution in [-0.4, -0.2) is 61.1 Å². The molecule has 0 spiro atoms. The van der Waals surface area contributed by atoms with E-state index in [1.165, 1.54) is 0 Å². The molecule has 1 aromatic heterocycles. The summed E-state index contributed by atoms with van der Waals surface area (Å²) in [7, 11) is 5.26. The molecule has 0 aliphatic heterocycles. The summed E-state index contributed by atoms with van der Waals surface area (Å²) >= 11 is 0. The SMILES string of the molecule is CN=C(NCCCc1nc(C(C)C)no1)NCCc1cccc(C(=O)N(C)C)c1. The van der Waals surface area contributed by atoms with E-state index in [4.69, 9.17) is 4.52 Å². The third kappa shape index (κ3) is 7.21. The number of carbonyl (C=O) groups is 1. The minimum Gasteiger partial charge on any atom is -0.356 e. The molecule has 2 rings (SSSR count). The van der Waals surface area contributed by atoms with Gasteiger partial charge in [-0.2, -0.15) is 4.98 Å². The number of nitrogens with one attached hydrogen (secondary N) is 2. The molecule has 1 aromatic carbocycles. The van der Waals surface area contributed by atoms with Crippen LogP contribution in [0.1, 0.15) is 53.8 Å². The van der Waals surface area contributed by atoms with Gasteiger partial charge < -0.3 is 20.1 Å². The fraction of sp³-hybridized carbons (Fsp3) is 0.524. The number of carbonyl (C=O) groups excluding carboxylic acids is 1. The highest BCUT2D eigenvalue weighted by Gasteiger charge is 2.10. The Morgan fingerprint density at radius 3 is 2.62 bits per heavy atom. The molecule has 0 radical (unpaired) electrons. The predicted molar refractivity (Wildman–Crippen MR) is 114 cm³/mol. The molecule has 2 N–H and O–H groups in total. The monoisotopic (exact) mass is 400 g/mol. The fourth-order valence-corrected chi connectivity index (χ4v) is 2.71. The number of guanidine groups is 1. The first-order chi connectivity index (χ1) is 13.9. The van der Waals surface area contributed by atoms with Gasteiger partial charge in [-0.1, -0.05) is 31.1 Å². The molecule has 1 amide bonds. The van der Waals surface area contributed by atoms with Gasteiger partial charge in [0, 0.05) is 52.1 Å². The highest BCUT2D eigenvalue weighted by atomic mass is 16.5. The van der Waals surface area contributed by atoms with E-state index in [0.29, 0.717) is 11.5 Å². The van der Waals surface area contributed by atoms with Crippen molar-refractivity contribution in [2.45, 2.75) is 39.0 Å². The van der Waals surface area contributed by atoms with E-state index in [-0.39, 0.29) is 11.8 Å². The van der Waals surface area contributed by atoms with Gasteiger partial charge in [-0.05, 0) is 30.5 Å². The average Bonchev–Trinajstić information content (AvgIpc) is 3.18. The van der Waals surface area contributed by atoms with Crippen molar-refractivity contribution >= 4 is 11.9 Å². The normalized spacial score (nSPS) is 11.6. The maximum absolute atomic E-state index is 12.1. The Labute approximate surface area is 172 Å². The Hall–Kier alpha value is -2.90. The van der Waals surface area contributed by atoms with Gasteiger partial charge in [0.1, 0.15) is 0 Å². The summed E-state index contributed by atoms with van der Waals surface area (Å²) in [6.07, 6.45) is 2.40. The summed E-state index contributed by atoms with van der Waals surface area (Å²) < 4.78 is 5.25. The quantitative estimate of drug-likeness (QED) is 0.381. The number of aryl methyl sites for hydroxylation is 1. The van der Waals surface area contributed by atoms with Gasteiger partial charge >= 0.3 is 0 Å². The Kier molecular flexibility index (Phi) is 8.64. The lowest BCUT2D eigenvalue weighted by molar-refractivity contribution is 0.0827. The lowest BCUT2D eigenvalue weighted by Gasteiger charge is -2.13. The molecule has 0 fully saturated rings. The van der Waals surface area contributed by atoms with Crippen molar-refractivity contribution in [2.24, 2.45) is 4.99 Å². The molecule has 0 aliphatic rings. The number of amides is 1. The standard InChI is InChI=1S/C21H32N6O2/c1-15(2)19-25-18(29-26-19)10-7-12-23-21(22-3)24-13-11-16-8-6-9-17(14-16)20(28)27(4)5/h6,8-9,14-15H,7,10-13H2,1-5H3,(H2,22,23,24). The molecule has 0 bridgehead atoms. The van der Waals surface area contributed by atoms with E-state index in [1.54, 1.807) is 26.0 Å². The lowest BCUT2D eigenvalue weighted by atomic mass is 10.1. The van der Waals surface area contributed by atoms with E-state index < -0.39 is 0 Å². The molecule has 0 saturated carbocycles. The van der Waals surface area contributed by atoms with Crippen LogP contribution < -0.4 is 10.6 Å². The second-order valence-corrected chi connectivity index (χ2v) is 7.38. The molecule has 158 valence electrons. The van der Waals surface area contributed by atoms with Crippen molar-refractivity contribution in [3.63, 3.8) is 0 Å². The minimum atomic E-state index is 0.0130. The number of hydrogen-bond donors (Lipinski definition) is 2. The maximum Gasteiger partial charge on any atom is 0.253 e. The van der Waals surface area contributed by atoms with Gasteiger partial charge in [0.05, 0.1) is 0 Å². The molecular formula is C21H32N6O2. The molecule has 8 nitrogen and oxygen atoms in total. The van der Waals surface area contributed by atoms with Crippen LogP contribution in [0.25, 0.3) is 0 Å². The molecule has 8 heteroatoms. The summed E-state index contributed by atoms with van der Waals surface area (Å²) in [6.45, 7) is 5.57. The third-order valence-electron chi connectivity index (χ3n) is 4.37. The van der Waals surface area contributed by atoms with Crippen LogP contribution in [0.2, 0.25) is 0 Å². The molecule has 2 aromatic rings. The van der Waals surface area contributed by atoms with E-state index >= 15 is 0 Å². The van der Waals surface area contributed by atoms with Crippen LogP contribution in [0.3, 0.4) is 0 Å². The number of benzene rings is 1. The molecule has 0 unspecified atom stereocenters. The third-order valence-corrected chi connectivity index (χ3v) is 4.37. The number of aliphatic imine (C=N–C) groups is 1. The van der Waals surface area contributed by atoms with Crippen molar-refractivity contribution in [2.75, 3.05) is 34.2 Å². The first-order valence-corrected chi connectivity index (χ1v) is 9.98. The van der Waals surface area contributed by atoms with Crippen LogP contribution in [0.15, 0.2) is 33.8 Å². The zero-order valence-corrected chi connectivity index (χ0v) is 18.0. The van der Waals surface area contributed by atoms with Gasteiger partial charge in [0.2, 0.25) is 5.89 Å². The summed E-state index contributed by atoms with van der Waals surface area (Å²) in [5, 5.41) is 10.6. The molecule has 0 saturated heterocycles. The number of nitrogens with zero attached hydrogens (tertiary/aromatic N) is 4. The summed E-state index contributed by atoms with van der Waals surface area (Å²) in [6, 6.07) is 7.73. The smallest absolute Gasteiger partial charge is 0.253 e. The molecular weight excluding hydrogens is 368 g/mol. The maximum atomic E-state index is 12.1. The first kappa shape index (κ1) is 22.4. The van der Waals surface area contributed by atoms with Crippen LogP contribution in [-0.2, 0) is 12.8 Å². The van der Waals surface area contributed by atoms with Gasteiger partial charge in [-0.25, -0.2) is 0 Å². The van der Waals surface area contributed by atoms with Crippen molar-refractivity contribution in [1.82, 2.24) is 25.7 Å². The van der Waals surface area contributed by atoms with Crippen molar-refractivity contribution in [1.29, 1.82) is 0 Å². The second-order valence-electron chi connectivity index (χ2n) is 7.38. The van der Waals surface area contributed by atoms with Gasteiger partial charge in [0.25, 0.3) is 5.91 Å². The number of aromatic nitrogens is 2. The van der Waals surface area contributed by atoms with Crippen LogP contribution >= 0.6 is 0 Å².